The Hall–Kier alpha value is -1.84. The van der Waals surface area contributed by atoms with Gasteiger partial charge in [-0.05, 0) is 44.7 Å². The van der Waals surface area contributed by atoms with Crippen LogP contribution in [0.4, 0.5) is 5.69 Å². The summed E-state index contributed by atoms with van der Waals surface area (Å²) in [5, 5.41) is 2.94. The second kappa shape index (κ2) is 8.70. The Bertz CT molecular complexity index is 532. The van der Waals surface area contributed by atoms with Gasteiger partial charge in [-0.3, -0.25) is 9.59 Å². The van der Waals surface area contributed by atoms with Crippen molar-refractivity contribution in [3.05, 3.63) is 29.8 Å². The van der Waals surface area contributed by atoms with E-state index in [1.165, 1.54) is 0 Å². The summed E-state index contributed by atoms with van der Waals surface area (Å²) in [6.45, 7) is 10.9. The van der Waals surface area contributed by atoms with Crippen molar-refractivity contribution in [2.75, 3.05) is 18.4 Å². The van der Waals surface area contributed by atoms with E-state index < -0.39 is 5.41 Å². The largest absolute Gasteiger partial charge is 0.342 e. The molecule has 4 heteroatoms. The normalized spacial score (nSPS) is 11.2. The quantitative estimate of drug-likeness (QED) is 0.740. The Kier molecular flexibility index (Phi) is 7.27. The first kappa shape index (κ1) is 19.2. The Morgan fingerprint density at radius 2 is 1.61 bits per heavy atom. The summed E-state index contributed by atoms with van der Waals surface area (Å²) in [4.78, 5) is 27.3. The zero-order valence-electron chi connectivity index (χ0n) is 15.1. The van der Waals surface area contributed by atoms with E-state index in [-0.39, 0.29) is 11.8 Å². The molecule has 0 radical (unpaired) electrons. The molecule has 0 bridgehead atoms. The molecule has 0 aliphatic heterocycles. The minimum atomic E-state index is -1.08. The molecule has 0 aromatic heterocycles. The summed E-state index contributed by atoms with van der Waals surface area (Å²) in [5.74, 6) is -0.353. The van der Waals surface area contributed by atoms with Crippen LogP contribution < -0.4 is 5.32 Å². The summed E-state index contributed by atoms with van der Waals surface area (Å²) < 4.78 is 0. The van der Waals surface area contributed by atoms with Crippen LogP contribution in [0.5, 0.6) is 0 Å². The summed E-state index contributed by atoms with van der Waals surface area (Å²) >= 11 is 0. The maximum absolute atomic E-state index is 12.8. The minimum Gasteiger partial charge on any atom is -0.342 e. The van der Waals surface area contributed by atoms with Gasteiger partial charge in [-0.2, -0.15) is 0 Å². The number of hydrogen-bond donors (Lipinski definition) is 1. The van der Waals surface area contributed by atoms with Crippen molar-refractivity contribution in [1.82, 2.24) is 4.90 Å². The average Bonchev–Trinajstić information content (AvgIpc) is 2.54. The molecule has 0 aliphatic rings. The monoisotopic (exact) mass is 318 g/mol. The maximum atomic E-state index is 12.8. The molecular weight excluding hydrogens is 288 g/mol. The molecule has 0 fully saturated rings. The van der Waals surface area contributed by atoms with Gasteiger partial charge in [-0.25, -0.2) is 0 Å². The number of carbonyl (C=O) groups is 2. The molecule has 0 saturated heterocycles. The molecule has 1 aromatic carbocycles. The molecule has 0 spiro atoms. The van der Waals surface area contributed by atoms with Crippen molar-refractivity contribution >= 4 is 17.5 Å². The number of para-hydroxylation sites is 1. The summed E-state index contributed by atoms with van der Waals surface area (Å²) in [7, 11) is 0. The lowest BCUT2D eigenvalue weighted by Crippen LogP contribution is -2.48. The molecule has 0 unspecified atom stereocenters. The SMILES string of the molecule is CCCN(CCC)C(=O)C(C)(C)C(=O)Nc1ccccc1CC. The zero-order valence-corrected chi connectivity index (χ0v) is 15.1. The number of amides is 2. The Balaban J connectivity index is 2.92. The van der Waals surface area contributed by atoms with Crippen molar-refractivity contribution in [2.45, 2.75) is 53.9 Å². The molecule has 1 N–H and O–H groups in total. The lowest BCUT2D eigenvalue weighted by molar-refractivity contribution is -0.146. The number of benzene rings is 1. The first-order valence-corrected chi connectivity index (χ1v) is 8.57. The molecule has 0 atom stereocenters. The fourth-order valence-electron chi connectivity index (χ4n) is 2.58. The number of carbonyl (C=O) groups excluding carboxylic acids is 2. The van der Waals surface area contributed by atoms with E-state index in [9.17, 15) is 9.59 Å². The van der Waals surface area contributed by atoms with Crippen LogP contribution in [0.15, 0.2) is 24.3 Å². The Morgan fingerprint density at radius 3 is 2.13 bits per heavy atom. The Labute approximate surface area is 140 Å². The highest BCUT2D eigenvalue weighted by Crippen LogP contribution is 2.24. The molecule has 1 aromatic rings. The van der Waals surface area contributed by atoms with E-state index >= 15 is 0 Å². The lowest BCUT2D eigenvalue weighted by Gasteiger charge is -2.31. The highest BCUT2D eigenvalue weighted by Gasteiger charge is 2.39. The average molecular weight is 318 g/mol. The third-order valence-electron chi connectivity index (χ3n) is 4.02. The van der Waals surface area contributed by atoms with Gasteiger partial charge in [0.25, 0.3) is 0 Å². The number of rotatable bonds is 8. The van der Waals surface area contributed by atoms with Crippen LogP contribution in [-0.2, 0) is 16.0 Å². The second-order valence-corrected chi connectivity index (χ2v) is 6.38. The van der Waals surface area contributed by atoms with Crippen LogP contribution in [0.2, 0.25) is 0 Å². The topological polar surface area (TPSA) is 49.4 Å². The van der Waals surface area contributed by atoms with E-state index in [4.69, 9.17) is 0 Å². The molecule has 0 aliphatic carbocycles. The van der Waals surface area contributed by atoms with Gasteiger partial charge in [0.05, 0.1) is 0 Å². The van der Waals surface area contributed by atoms with Gasteiger partial charge in [0.1, 0.15) is 5.41 Å². The number of nitrogens with zero attached hydrogens (tertiary/aromatic N) is 1. The van der Waals surface area contributed by atoms with Crippen molar-refractivity contribution in [3.8, 4) is 0 Å². The number of anilines is 1. The van der Waals surface area contributed by atoms with Crippen molar-refractivity contribution in [1.29, 1.82) is 0 Å². The van der Waals surface area contributed by atoms with Crippen molar-refractivity contribution in [3.63, 3.8) is 0 Å². The molecule has 23 heavy (non-hydrogen) atoms. The van der Waals surface area contributed by atoms with Gasteiger partial charge >= 0.3 is 0 Å². The first-order valence-electron chi connectivity index (χ1n) is 8.57. The van der Waals surface area contributed by atoms with Crippen LogP contribution >= 0.6 is 0 Å². The summed E-state index contributed by atoms with van der Waals surface area (Å²) in [6, 6.07) is 7.72. The highest BCUT2D eigenvalue weighted by atomic mass is 16.2. The van der Waals surface area contributed by atoms with E-state index in [1.54, 1.807) is 18.7 Å². The minimum absolute atomic E-state index is 0.104. The van der Waals surface area contributed by atoms with Crippen LogP contribution in [0, 0.1) is 5.41 Å². The summed E-state index contributed by atoms with van der Waals surface area (Å²) in [6.07, 6.45) is 2.62. The molecule has 128 valence electrons. The molecular formula is C19H30N2O2. The predicted octanol–water partition coefficient (Wildman–Crippen LogP) is 3.86. The molecule has 1 rings (SSSR count). The standard InChI is InChI=1S/C19H30N2O2/c1-6-13-21(14-7-2)18(23)19(4,5)17(22)20-16-12-10-9-11-15(16)8-3/h9-12H,6-8,13-14H2,1-5H3,(H,20,22). The molecule has 0 heterocycles. The van der Waals surface area contributed by atoms with E-state index in [0.717, 1.165) is 30.5 Å². The van der Waals surface area contributed by atoms with E-state index in [1.807, 2.05) is 45.0 Å². The van der Waals surface area contributed by atoms with E-state index in [0.29, 0.717) is 13.1 Å². The molecule has 2 amide bonds. The number of hydrogen-bond acceptors (Lipinski definition) is 2. The van der Waals surface area contributed by atoms with Crippen LogP contribution in [0.3, 0.4) is 0 Å². The Morgan fingerprint density at radius 1 is 1.04 bits per heavy atom. The third-order valence-corrected chi connectivity index (χ3v) is 4.02. The van der Waals surface area contributed by atoms with Gasteiger partial charge in [0, 0.05) is 18.8 Å². The lowest BCUT2D eigenvalue weighted by atomic mass is 9.89. The van der Waals surface area contributed by atoms with Crippen LogP contribution in [0.25, 0.3) is 0 Å². The van der Waals surface area contributed by atoms with Crippen molar-refractivity contribution in [2.24, 2.45) is 5.41 Å². The molecule has 4 nitrogen and oxygen atoms in total. The smallest absolute Gasteiger partial charge is 0.239 e. The van der Waals surface area contributed by atoms with Crippen molar-refractivity contribution < 1.29 is 9.59 Å². The van der Waals surface area contributed by atoms with Gasteiger partial charge in [-0.15, -0.1) is 0 Å². The highest BCUT2D eigenvalue weighted by molar-refractivity contribution is 6.10. The summed E-state index contributed by atoms with van der Waals surface area (Å²) in [5.41, 5.74) is 0.784. The first-order chi connectivity index (χ1) is 10.9. The predicted molar refractivity (Wildman–Crippen MR) is 95.4 cm³/mol. The fourth-order valence-corrected chi connectivity index (χ4v) is 2.58. The van der Waals surface area contributed by atoms with Gasteiger partial charge in [0.15, 0.2) is 0 Å². The number of aryl methyl sites for hydroxylation is 1. The second-order valence-electron chi connectivity index (χ2n) is 6.38. The van der Waals surface area contributed by atoms with Gasteiger partial charge in [-0.1, -0.05) is 39.0 Å². The number of nitrogens with one attached hydrogen (secondary N) is 1. The van der Waals surface area contributed by atoms with E-state index in [2.05, 4.69) is 5.32 Å². The van der Waals surface area contributed by atoms with Crippen LogP contribution in [-0.4, -0.2) is 29.8 Å². The maximum Gasteiger partial charge on any atom is 0.239 e. The zero-order chi connectivity index (χ0) is 17.5. The van der Waals surface area contributed by atoms with Crippen LogP contribution in [0.1, 0.15) is 53.0 Å². The van der Waals surface area contributed by atoms with Gasteiger partial charge < -0.3 is 10.2 Å². The fraction of sp³-hybridized carbons (Fsp3) is 0.579. The third kappa shape index (κ3) is 4.81. The van der Waals surface area contributed by atoms with Gasteiger partial charge in [0.2, 0.25) is 11.8 Å². The molecule has 0 saturated carbocycles.